The molecule has 9 rings (SSSR count). The Morgan fingerprint density at radius 3 is 2.33 bits per heavy atom. The molecule has 0 fully saturated rings. The maximum Gasteiger partial charge on any atom is 0.135 e. The van der Waals surface area contributed by atoms with Crippen molar-refractivity contribution in [3.63, 3.8) is 0 Å². The van der Waals surface area contributed by atoms with E-state index in [-0.39, 0.29) is 26.5 Å². The second-order valence-electron chi connectivity index (χ2n) is 17.1. The van der Waals surface area contributed by atoms with E-state index >= 15 is 0 Å². The molecule has 0 atom stereocenters. The Balaban J connectivity index is 0.00000499. The van der Waals surface area contributed by atoms with E-state index in [1.54, 1.807) is 0 Å². The fourth-order valence-electron chi connectivity index (χ4n) is 8.51. The summed E-state index contributed by atoms with van der Waals surface area (Å²) in [6.07, 6.45) is 5.04. The number of benzene rings is 6. The van der Waals surface area contributed by atoms with Gasteiger partial charge in [-0.2, -0.15) is 37.0 Å². The van der Waals surface area contributed by atoms with Crippen LogP contribution in [-0.4, -0.2) is 16.1 Å². The first-order valence-electron chi connectivity index (χ1n) is 20.9. The number of rotatable bonds is 12. The first-order valence-corrected chi connectivity index (χ1v) is 20.9. The molecule has 6 heteroatoms. The number of fused-ring (bicyclic) bond motifs is 4. The maximum atomic E-state index is 6.48. The minimum absolute atomic E-state index is 0. The van der Waals surface area contributed by atoms with Crippen molar-refractivity contribution in [1.29, 1.82) is 0 Å². The van der Waals surface area contributed by atoms with Gasteiger partial charge in [0.2, 0.25) is 0 Å². The van der Waals surface area contributed by atoms with Crippen LogP contribution in [0.15, 0.2) is 146 Å². The van der Waals surface area contributed by atoms with Gasteiger partial charge in [-0.3, -0.25) is 0 Å². The quantitative estimate of drug-likeness (QED) is 0.114. The van der Waals surface area contributed by atoms with Gasteiger partial charge in [-0.05, 0) is 101 Å². The van der Waals surface area contributed by atoms with E-state index in [2.05, 4.69) is 201 Å². The van der Waals surface area contributed by atoms with Crippen LogP contribution in [0.25, 0.3) is 38.8 Å². The molecule has 0 aliphatic carbocycles. The molecule has 1 aliphatic heterocycles. The van der Waals surface area contributed by atoms with Crippen LogP contribution in [0.5, 0.6) is 5.75 Å². The third-order valence-electron chi connectivity index (χ3n) is 11.4. The normalized spacial score (nSPS) is 12.6. The molecular weight excluding hydrogens is 916 g/mol. The van der Waals surface area contributed by atoms with Crippen LogP contribution in [0.1, 0.15) is 63.3 Å². The van der Waals surface area contributed by atoms with E-state index in [0.717, 1.165) is 65.0 Å². The number of aromatic nitrogens is 2. The Morgan fingerprint density at radius 1 is 0.750 bits per heavy atom. The molecular formula is C54H51N4OPt-3. The Bertz CT molecular complexity index is 2750. The van der Waals surface area contributed by atoms with Gasteiger partial charge < -0.3 is 19.1 Å². The molecule has 2 aromatic heterocycles. The monoisotopic (exact) mass is 966 g/mol. The molecule has 5 nitrogen and oxygen atoms in total. The fourth-order valence-corrected chi connectivity index (χ4v) is 8.51. The number of para-hydroxylation sites is 3. The molecule has 3 heterocycles. The van der Waals surface area contributed by atoms with Gasteiger partial charge in [0.05, 0.1) is 6.61 Å². The molecule has 0 saturated heterocycles. The average molecular weight is 967 g/mol. The van der Waals surface area contributed by atoms with Gasteiger partial charge in [-0.1, -0.05) is 119 Å². The van der Waals surface area contributed by atoms with E-state index in [4.69, 9.17) is 9.72 Å². The first-order chi connectivity index (χ1) is 28.7. The summed E-state index contributed by atoms with van der Waals surface area (Å²) in [6.45, 7) is 14.8. The molecule has 0 spiro atoms. The summed E-state index contributed by atoms with van der Waals surface area (Å²) in [5.41, 5.74) is 13.2. The topological polar surface area (TPSA) is 33.5 Å². The SMILES string of the molecule is CC(C)Cc1cccc(-c2ccccc2)c1CCCN1[CH-]N(c2[c-]c(COc3[c-]c4c(cc3)c3ccccc3n4-c3cc(C(C)(C)C)ccn3)ccc2)c2ccccc21.[Pt]. The number of pyridine rings is 1. The summed E-state index contributed by atoms with van der Waals surface area (Å²) >= 11 is 0. The first kappa shape index (κ1) is 41.1. The van der Waals surface area contributed by atoms with E-state index in [0.29, 0.717) is 18.3 Å². The Hall–Kier alpha value is -5.64. The predicted octanol–water partition coefficient (Wildman–Crippen LogP) is 13.2. The van der Waals surface area contributed by atoms with Crippen LogP contribution in [0.2, 0.25) is 0 Å². The van der Waals surface area contributed by atoms with E-state index < -0.39 is 0 Å². The number of anilines is 3. The van der Waals surface area contributed by atoms with Crippen LogP contribution in [-0.2, 0) is 45.9 Å². The zero-order chi connectivity index (χ0) is 40.5. The molecule has 0 unspecified atom stereocenters. The van der Waals surface area contributed by atoms with Crippen LogP contribution in [0.4, 0.5) is 17.1 Å². The zero-order valence-electron chi connectivity index (χ0n) is 35.1. The molecule has 60 heavy (non-hydrogen) atoms. The van der Waals surface area contributed by atoms with Crippen molar-refractivity contribution in [2.45, 2.75) is 65.9 Å². The van der Waals surface area contributed by atoms with E-state index in [9.17, 15) is 0 Å². The molecule has 8 aromatic rings. The van der Waals surface area contributed by atoms with Gasteiger partial charge in [0.1, 0.15) is 5.82 Å². The maximum absolute atomic E-state index is 6.48. The van der Waals surface area contributed by atoms with E-state index in [1.165, 1.54) is 38.9 Å². The second-order valence-corrected chi connectivity index (χ2v) is 17.1. The smallest absolute Gasteiger partial charge is 0.135 e. The molecule has 0 bridgehead atoms. The van der Waals surface area contributed by atoms with Crippen LogP contribution in [0.3, 0.4) is 0 Å². The number of ether oxygens (including phenoxy) is 1. The van der Waals surface area contributed by atoms with Crippen molar-refractivity contribution in [3.05, 3.63) is 187 Å². The van der Waals surface area contributed by atoms with Gasteiger partial charge in [0.25, 0.3) is 0 Å². The van der Waals surface area contributed by atoms with Crippen molar-refractivity contribution in [2.24, 2.45) is 5.92 Å². The van der Waals surface area contributed by atoms with Crippen molar-refractivity contribution in [2.75, 3.05) is 16.3 Å². The number of hydrogen-bond donors (Lipinski definition) is 0. The zero-order valence-corrected chi connectivity index (χ0v) is 37.3. The Kier molecular flexibility index (Phi) is 12.0. The molecule has 1 aliphatic rings. The van der Waals surface area contributed by atoms with Gasteiger partial charge in [0.15, 0.2) is 0 Å². The van der Waals surface area contributed by atoms with Crippen molar-refractivity contribution in [3.8, 4) is 22.7 Å². The molecule has 0 saturated carbocycles. The van der Waals surface area contributed by atoms with Crippen LogP contribution < -0.4 is 14.5 Å². The summed E-state index contributed by atoms with van der Waals surface area (Å²) in [7, 11) is 0. The molecule has 0 radical (unpaired) electrons. The minimum atomic E-state index is -0.000307. The van der Waals surface area contributed by atoms with Crippen LogP contribution >= 0.6 is 0 Å². The third-order valence-corrected chi connectivity index (χ3v) is 11.4. The second kappa shape index (κ2) is 17.5. The van der Waals surface area contributed by atoms with Gasteiger partial charge in [-0.15, -0.1) is 28.8 Å². The number of nitrogens with zero attached hydrogens (tertiary/aromatic N) is 4. The molecule has 306 valence electrons. The summed E-state index contributed by atoms with van der Waals surface area (Å²) in [4.78, 5) is 9.49. The summed E-state index contributed by atoms with van der Waals surface area (Å²) in [6, 6.07) is 56.9. The standard InChI is InChI=1S/C54H51N4O.Pt/c1-38(2)32-41-19-14-22-45(40-17-7-6-8-18-40)46(41)23-15-31-56-37-57(51-26-12-11-25-50(51)56)43-20-13-16-39(33-43)36-59-44-27-28-48-47-21-9-10-24-49(47)58(52(48)35-44)53-34-42(29-30-55-53)54(3,4)5;/h6-14,16-22,24-30,34,37-38H,15,23,31-32,36H2,1-5H3;/q-3;. The third kappa shape index (κ3) is 8.38. The van der Waals surface area contributed by atoms with E-state index in [1.807, 2.05) is 12.3 Å². The van der Waals surface area contributed by atoms with Gasteiger partial charge in [0, 0.05) is 49.9 Å². The van der Waals surface area contributed by atoms with Crippen molar-refractivity contribution in [1.82, 2.24) is 9.55 Å². The van der Waals surface area contributed by atoms with Crippen molar-refractivity contribution < 1.29 is 25.8 Å². The van der Waals surface area contributed by atoms with Gasteiger partial charge >= 0.3 is 0 Å². The number of hydrogen-bond acceptors (Lipinski definition) is 4. The minimum Gasteiger partial charge on any atom is -0.517 e. The van der Waals surface area contributed by atoms with Crippen molar-refractivity contribution >= 4 is 38.9 Å². The largest absolute Gasteiger partial charge is 0.517 e. The Labute approximate surface area is 369 Å². The molecule has 6 aromatic carbocycles. The summed E-state index contributed by atoms with van der Waals surface area (Å²) in [5.74, 6) is 2.16. The van der Waals surface area contributed by atoms with Gasteiger partial charge in [-0.25, -0.2) is 4.98 Å². The average Bonchev–Trinajstić information content (AvgIpc) is 3.79. The predicted molar refractivity (Wildman–Crippen MR) is 245 cm³/mol. The Morgan fingerprint density at radius 2 is 1.52 bits per heavy atom. The summed E-state index contributed by atoms with van der Waals surface area (Å²) < 4.78 is 8.69. The fraction of sp³-hybridized carbons (Fsp3) is 0.222. The molecule has 0 N–H and O–H groups in total. The summed E-state index contributed by atoms with van der Waals surface area (Å²) in [5, 5.41) is 2.28. The molecule has 0 amide bonds. The van der Waals surface area contributed by atoms with Crippen LogP contribution in [0, 0.1) is 24.7 Å².